The molecule has 0 N–H and O–H groups in total. The van der Waals surface area contributed by atoms with Crippen LogP contribution in [-0.2, 0) is 18.2 Å². The summed E-state index contributed by atoms with van der Waals surface area (Å²) in [5, 5.41) is 0. The van der Waals surface area contributed by atoms with E-state index in [2.05, 4.69) is 136 Å². The van der Waals surface area contributed by atoms with Gasteiger partial charge in [-0.2, -0.15) is 0 Å². The maximum atomic E-state index is 4.49. The Morgan fingerprint density at radius 2 is 0.950 bits per heavy atom. The fourth-order valence-corrected chi connectivity index (χ4v) is 5.41. The van der Waals surface area contributed by atoms with Gasteiger partial charge in [0.15, 0.2) is 0 Å². The number of para-hydroxylation sites is 2. The second-order valence-corrected chi connectivity index (χ2v) is 11.7. The van der Waals surface area contributed by atoms with E-state index in [1.165, 1.54) is 39.2 Å². The van der Waals surface area contributed by atoms with Crippen molar-refractivity contribution in [2.75, 3.05) is 29.6 Å². The normalized spacial score (nSPS) is 13.1. The Morgan fingerprint density at radius 1 is 0.600 bits per heavy atom. The number of halogens is 1. The van der Waals surface area contributed by atoms with E-state index in [0.29, 0.717) is 23.7 Å². The Bertz CT molecular complexity index is 1020. The van der Waals surface area contributed by atoms with E-state index in [4.69, 9.17) is 0 Å². The molecular weight excluding hydrogens is 602 g/mol. The third kappa shape index (κ3) is 9.11. The van der Waals surface area contributed by atoms with Crippen LogP contribution in [0.25, 0.3) is 0 Å². The van der Waals surface area contributed by atoms with Gasteiger partial charge in [-0.1, -0.05) is 122 Å². The van der Waals surface area contributed by atoms with Gasteiger partial charge in [-0.25, -0.2) is 0 Å². The van der Waals surface area contributed by atoms with Crippen molar-refractivity contribution in [3.05, 3.63) is 114 Å². The molecule has 0 unspecified atom stereocenters. The molecule has 2 nitrogen and oxygen atoms in total. The molecule has 4 heteroatoms. The molecular formula is C36H49ClN2Pd+. The molecule has 1 fully saturated rings. The summed E-state index contributed by atoms with van der Waals surface area (Å²) in [6.07, 6.45) is 3.76. The van der Waals surface area contributed by atoms with Crippen LogP contribution in [0.4, 0.5) is 11.4 Å². The Hall–Kier alpha value is -1.79. The average Bonchev–Trinajstić information content (AvgIpc) is 3.44. The quantitative estimate of drug-likeness (QED) is 0.224. The molecule has 3 aromatic carbocycles. The molecule has 40 heavy (non-hydrogen) atoms. The predicted molar refractivity (Wildman–Crippen MR) is 174 cm³/mol. The molecule has 0 atom stereocenters. The van der Waals surface area contributed by atoms with Crippen LogP contribution in [-0.4, -0.2) is 19.8 Å². The van der Waals surface area contributed by atoms with Crippen molar-refractivity contribution in [3.8, 4) is 0 Å². The molecule has 0 bridgehead atoms. The second kappa shape index (κ2) is 17.2. The fourth-order valence-electron chi connectivity index (χ4n) is 5.41. The van der Waals surface area contributed by atoms with Gasteiger partial charge in [0.2, 0.25) is 0 Å². The van der Waals surface area contributed by atoms with Gasteiger partial charge in [0.05, 0.1) is 6.67 Å². The number of nitrogens with zero attached hydrogens (tertiary/aromatic N) is 2. The molecule has 1 saturated heterocycles. The van der Waals surface area contributed by atoms with E-state index < -0.39 is 0 Å². The van der Waals surface area contributed by atoms with Crippen LogP contribution < -0.4 is 9.80 Å². The van der Waals surface area contributed by atoms with E-state index >= 15 is 0 Å². The number of rotatable bonds is 8. The zero-order chi connectivity index (χ0) is 29.8. The predicted octanol–water partition coefficient (Wildman–Crippen LogP) is 10.4. The molecule has 0 saturated carbocycles. The number of hydrogen-bond acceptors (Lipinski definition) is 2. The van der Waals surface area contributed by atoms with E-state index in [1.807, 2.05) is 36.8 Å². The van der Waals surface area contributed by atoms with Crippen LogP contribution in [0, 0.1) is 19.8 Å². The summed E-state index contributed by atoms with van der Waals surface area (Å²) >= 11 is 2.22. The Kier molecular flexibility index (Phi) is 14.8. The average molecular weight is 652 g/mol. The number of anilines is 2. The van der Waals surface area contributed by atoms with Crippen LogP contribution in [0.1, 0.15) is 107 Å². The first-order valence-corrected chi connectivity index (χ1v) is 16.5. The van der Waals surface area contributed by atoms with Crippen molar-refractivity contribution in [3.63, 3.8) is 0 Å². The molecule has 0 amide bonds. The summed E-state index contributed by atoms with van der Waals surface area (Å²) in [5.74, 6) is 2.14. The van der Waals surface area contributed by atoms with Gasteiger partial charge in [-0.05, 0) is 71.3 Å². The minimum atomic E-state index is 0.534. The van der Waals surface area contributed by atoms with Gasteiger partial charge in [-0.3, -0.25) is 0 Å². The van der Waals surface area contributed by atoms with Gasteiger partial charge >= 0.3 is 27.7 Å². The summed E-state index contributed by atoms with van der Waals surface area (Å²) in [4.78, 5) is 5.26. The van der Waals surface area contributed by atoms with Crippen molar-refractivity contribution in [2.45, 2.75) is 79.1 Å². The zero-order valence-corrected chi connectivity index (χ0v) is 28.0. The Morgan fingerprint density at radius 3 is 1.25 bits per heavy atom. The molecule has 1 heterocycles. The monoisotopic (exact) mass is 650 g/mol. The van der Waals surface area contributed by atoms with Crippen LogP contribution in [0.15, 0.2) is 66.7 Å². The molecule has 1 aliphatic heterocycles. The fraction of sp³-hybridized carbons (Fsp3) is 0.417. The first-order chi connectivity index (χ1) is 19.1. The topological polar surface area (TPSA) is 6.48 Å². The standard InChI is InChI=1S/C27H40N2.C9H9.ClH.Pd/c1-18(2)22-11-9-12-23(19(3)4)26(22)28-15-16-29(17-28)27-24(20(5)6)13-10-14-25(27)21(7)8;1-2-6-9-7-4-3-5-8-9;;/h9-14,18-21H,15-17H2,1-8H3;2-8H,1H2;1H;/q;;;+2/p-1. The van der Waals surface area contributed by atoms with E-state index in [0.717, 1.165) is 19.8 Å². The summed E-state index contributed by atoms with van der Waals surface area (Å²) < 4.78 is 0. The van der Waals surface area contributed by atoms with E-state index in [9.17, 15) is 0 Å². The van der Waals surface area contributed by atoms with Crippen LogP contribution >= 0.6 is 9.53 Å². The van der Waals surface area contributed by atoms with Crippen molar-refractivity contribution in [1.82, 2.24) is 0 Å². The molecule has 219 valence electrons. The first kappa shape index (κ1) is 34.4. The van der Waals surface area contributed by atoms with E-state index in [1.54, 1.807) is 6.42 Å². The molecule has 0 spiro atoms. The first-order valence-electron chi connectivity index (χ1n) is 14.5. The number of benzene rings is 3. The van der Waals surface area contributed by atoms with Gasteiger partial charge < -0.3 is 9.80 Å². The van der Waals surface area contributed by atoms with E-state index in [-0.39, 0.29) is 0 Å². The minimum absolute atomic E-state index is 0.534. The molecule has 3 radical (unpaired) electrons. The van der Waals surface area contributed by atoms with Crippen molar-refractivity contribution >= 4 is 20.9 Å². The Balaban J connectivity index is 0.000000428. The summed E-state index contributed by atoms with van der Waals surface area (Å²) in [6, 6.07) is 23.9. The van der Waals surface area contributed by atoms with Crippen LogP contribution in [0.5, 0.6) is 0 Å². The van der Waals surface area contributed by atoms with Crippen molar-refractivity contribution in [1.29, 1.82) is 0 Å². The summed E-state index contributed by atoms with van der Waals surface area (Å²) in [5.41, 5.74) is 10.1. The summed E-state index contributed by atoms with van der Waals surface area (Å²) in [7, 11) is 4.49. The molecule has 3 aromatic rings. The third-order valence-electron chi connectivity index (χ3n) is 7.41. The maximum absolute atomic E-state index is 4.49. The SMILES string of the molecule is CC(C)c1cccc(C(C)C)c1N1CCN(c2c(C(C)C)cccc2C(C)C)C1.[CH2][CH][CH]c1ccccc1.[Cl][Pd+]. The Labute approximate surface area is 260 Å². The van der Waals surface area contributed by atoms with Crippen LogP contribution in [0.3, 0.4) is 0 Å². The van der Waals surface area contributed by atoms with Gasteiger partial charge in [0, 0.05) is 24.5 Å². The van der Waals surface area contributed by atoms with Gasteiger partial charge in [-0.15, -0.1) is 0 Å². The molecule has 1 aliphatic rings. The summed E-state index contributed by atoms with van der Waals surface area (Å²) in [6.45, 7) is 25.3. The zero-order valence-electron chi connectivity index (χ0n) is 25.7. The molecule has 0 aromatic heterocycles. The molecule has 4 rings (SSSR count). The van der Waals surface area contributed by atoms with Crippen LogP contribution in [0.2, 0.25) is 0 Å². The number of hydrogen-bond donors (Lipinski definition) is 0. The second-order valence-electron chi connectivity index (χ2n) is 11.7. The van der Waals surface area contributed by atoms with Crippen molar-refractivity contribution < 1.29 is 18.2 Å². The van der Waals surface area contributed by atoms with Gasteiger partial charge in [0.25, 0.3) is 0 Å². The molecule has 0 aliphatic carbocycles. The van der Waals surface area contributed by atoms with Crippen molar-refractivity contribution in [2.24, 2.45) is 0 Å². The third-order valence-corrected chi connectivity index (χ3v) is 7.41. The van der Waals surface area contributed by atoms with Gasteiger partial charge in [0.1, 0.15) is 0 Å².